The molecule has 0 radical (unpaired) electrons. The van der Waals surface area contributed by atoms with Gasteiger partial charge in [0.25, 0.3) is 0 Å². The van der Waals surface area contributed by atoms with Crippen molar-refractivity contribution in [3.63, 3.8) is 0 Å². The number of benzene rings is 7. The summed E-state index contributed by atoms with van der Waals surface area (Å²) in [5.41, 5.74) is 6.86. The zero-order chi connectivity index (χ0) is 31.1. The van der Waals surface area contributed by atoms with Gasteiger partial charge in [0.1, 0.15) is 0 Å². The molecular formula is C42H26N3OP. The van der Waals surface area contributed by atoms with Crippen molar-refractivity contribution < 1.29 is 4.57 Å². The van der Waals surface area contributed by atoms with Crippen molar-refractivity contribution in [1.82, 2.24) is 14.5 Å². The van der Waals surface area contributed by atoms with Gasteiger partial charge < -0.3 is 4.57 Å². The van der Waals surface area contributed by atoms with Crippen LogP contribution in [0, 0.1) is 0 Å². The summed E-state index contributed by atoms with van der Waals surface area (Å²) in [6.07, 6.45) is 0. The van der Waals surface area contributed by atoms with Crippen molar-refractivity contribution in [3.05, 3.63) is 158 Å². The fraction of sp³-hybridized carbons (Fsp3) is 0. The molecule has 1 atom stereocenters. The minimum atomic E-state index is -3.09. The molecule has 4 nitrogen and oxygen atoms in total. The fourth-order valence-corrected chi connectivity index (χ4v) is 10.6. The maximum atomic E-state index is 15.3. The number of rotatable bonds is 3. The molecule has 0 saturated heterocycles. The monoisotopic (exact) mass is 619 g/mol. The Morgan fingerprint density at radius 1 is 0.468 bits per heavy atom. The second-order valence-electron chi connectivity index (χ2n) is 12.1. The Morgan fingerprint density at radius 2 is 1.15 bits per heavy atom. The largest absolute Gasteiger partial charge is 0.309 e. The summed E-state index contributed by atoms with van der Waals surface area (Å²) in [6.45, 7) is 0. The van der Waals surface area contributed by atoms with E-state index in [-0.39, 0.29) is 0 Å². The lowest BCUT2D eigenvalue weighted by Crippen LogP contribution is -2.20. The van der Waals surface area contributed by atoms with Crippen LogP contribution in [0.25, 0.3) is 71.8 Å². The van der Waals surface area contributed by atoms with Crippen molar-refractivity contribution >= 4 is 66.5 Å². The smallest absolute Gasteiger partial charge is 0.235 e. The molecule has 10 rings (SSSR count). The van der Waals surface area contributed by atoms with E-state index in [1.54, 1.807) is 0 Å². The third-order valence-corrected chi connectivity index (χ3v) is 12.8. The first-order valence-corrected chi connectivity index (χ1v) is 17.5. The molecule has 0 amide bonds. The highest BCUT2D eigenvalue weighted by atomic mass is 31.2. The molecule has 1 aliphatic heterocycles. The van der Waals surface area contributed by atoms with E-state index in [1.165, 1.54) is 5.39 Å². The first kappa shape index (κ1) is 26.4. The third-order valence-electron chi connectivity index (χ3n) is 9.62. The first-order valence-electron chi connectivity index (χ1n) is 15.8. The standard InChI is InChI=1S/C42H26N3OP/c46-47(28-15-2-1-3-16-28)39-24-11-8-19-31(39)35-25-38-34(26-40(35)47)30-18-7-10-23-37(30)45(38)42-43-36-22-9-6-20-33(36)41(44-42)32-21-12-14-27-13-4-5-17-29(27)32/h1-26H. The van der Waals surface area contributed by atoms with Crippen LogP contribution in [0.1, 0.15) is 0 Å². The van der Waals surface area contributed by atoms with Crippen LogP contribution < -0.4 is 15.9 Å². The van der Waals surface area contributed by atoms with E-state index in [1.807, 2.05) is 60.7 Å². The van der Waals surface area contributed by atoms with E-state index in [9.17, 15) is 0 Å². The number of aromatic nitrogens is 3. The van der Waals surface area contributed by atoms with Crippen LogP contribution in [0.3, 0.4) is 0 Å². The Kier molecular flexibility index (Phi) is 5.52. The number of hydrogen-bond donors (Lipinski definition) is 0. The molecule has 0 saturated carbocycles. The molecule has 5 heteroatoms. The molecule has 0 fully saturated rings. The summed E-state index contributed by atoms with van der Waals surface area (Å²) in [5, 5.41) is 8.07. The van der Waals surface area contributed by atoms with Gasteiger partial charge >= 0.3 is 0 Å². The average Bonchev–Trinajstić information content (AvgIpc) is 3.60. The molecule has 9 aromatic rings. The van der Waals surface area contributed by atoms with E-state index in [2.05, 4.69) is 102 Å². The molecule has 0 spiro atoms. The molecule has 7 aromatic carbocycles. The lowest BCUT2D eigenvalue weighted by molar-refractivity contribution is 0.593. The Balaban J connectivity index is 1.31. The Bertz CT molecular complexity index is 2780. The van der Waals surface area contributed by atoms with Gasteiger partial charge in [-0.15, -0.1) is 0 Å². The van der Waals surface area contributed by atoms with E-state index < -0.39 is 7.14 Å². The summed E-state index contributed by atoms with van der Waals surface area (Å²) in [6, 6.07) is 53.9. The minimum Gasteiger partial charge on any atom is -0.309 e. The van der Waals surface area contributed by atoms with Gasteiger partial charge in [0.2, 0.25) is 5.95 Å². The number of nitrogens with zero attached hydrogens (tertiary/aromatic N) is 3. The van der Waals surface area contributed by atoms with Crippen LogP contribution in [-0.2, 0) is 4.57 Å². The molecule has 0 aliphatic carbocycles. The zero-order valence-electron chi connectivity index (χ0n) is 25.2. The van der Waals surface area contributed by atoms with E-state index in [4.69, 9.17) is 9.97 Å². The molecule has 3 heterocycles. The summed E-state index contributed by atoms with van der Waals surface area (Å²) < 4.78 is 17.5. The Hall–Kier alpha value is -5.83. The van der Waals surface area contributed by atoms with Crippen molar-refractivity contribution in [3.8, 4) is 28.3 Å². The number of fused-ring (bicyclic) bond motifs is 8. The molecule has 2 aromatic heterocycles. The molecule has 220 valence electrons. The maximum Gasteiger partial charge on any atom is 0.235 e. The predicted octanol–water partition coefficient (Wildman–Crippen LogP) is 9.17. The normalized spacial score (nSPS) is 15.4. The van der Waals surface area contributed by atoms with Crippen LogP contribution in [0.5, 0.6) is 0 Å². The number of para-hydroxylation sites is 2. The fourth-order valence-electron chi connectivity index (χ4n) is 7.52. The highest BCUT2D eigenvalue weighted by molar-refractivity contribution is 7.86. The van der Waals surface area contributed by atoms with Crippen LogP contribution in [-0.4, -0.2) is 14.5 Å². The predicted molar refractivity (Wildman–Crippen MR) is 195 cm³/mol. The Labute approximate surface area is 271 Å². The quantitative estimate of drug-likeness (QED) is 0.185. The summed E-state index contributed by atoms with van der Waals surface area (Å²) in [4.78, 5) is 10.6. The molecule has 47 heavy (non-hydrogen) atoms. The van der Waals surface area contributed by atoms with Crippen molar-refractivity contribution in [1.29, 1.82) is 0 Å². The van der Waals surface area contributed by atoms with Gasteiger partial charge in [0, 0.05) is 37.6 Å². The van der Waals surface area contributed by atoms with Gasteiger partial charge in [-0.25, -0.2) is 9.97 Å². The minimum absolute atomic E-state index is 0.607. The third kappa shape index (κ3) is 3.68. The highest BCUT2D eigenvalue weighted by Gasteiger charge is 2.40. The molecule has 0 bridgehead atoms. The Morgan fingerprint density at radius 3 is 2.04 bits per heavy atom. The van der Waals surface area contributed by atoms with Crippen molar-refractivity contribution in [2.45, 2.75) is 0 Å². The van der Waals surface area contributed by atoms with Crippen molar-refractivity contribution in [2.24, 2.45) is 0 Å². The van der Waals surface area contributed by atoms with Crippen LogP contribution in [0.15, 0.2) is 158 Å². The molecule has 0 N–H and O–H groups in total. The van der Waals surface area contributed by atoms with Gasteiger partial charge in [-0.3, -0.25) is 4.57 Å². The van der Waals surface area contributed by atoms with Crippen LogP contribution >= 0.6 is 7.14 Å². The summed E-state index contributed by atoms with van der Waals surface area (Å²) >= 11 is 0. The topological polar surface area (TPSA) is 47.8 Å². The van der Waals surface area contributed by atoms with Gasteiger partial charge in [0.05, 0.1) is 22.2 Å². The van der Waals surface area contributed by atoms with Crippen molar-refractivity contribution in [2.75, 3.05) is 0 Å². The second-order valence-corrected chi connectivity index (χ2v) is 14.8. The molecule has 1 unspecified atom stereocenters. The zero-order valence-corrected chi connectivity index (χ0v) is 26.1. The lowest BCUT2D eigenvalue weighted by atomic mass is 9.99. The van der Waals surface area contributed by atoms with E-state index in [0.717, 1.165) is 76.4 Å². The highest BCUT2D eigenvalue weighted by Crippen LogP contribution is 2.53. The van der Waals surface area contributed by atoms with Gasteiger partial charge in [0.15, 0.2) is 7.14 Å². The maximum absolute atomic E-state index is 15.3. The van der Waals surface area contributed by atoms with Gasteiger partial charge in [-0.05, 0) is 46.2 Å². The second kappa shape index (κ2) is 9.83. The summed E-state index contributed by atoms with van der Waals surface area (Å²) in [7, 11) is -3.09. The SMILES string of the molecule is O=P1(c2ccccc2)c2ccccc2-c2cc3c(cc21)c1ccccc1n3-c1nc(-c2cccc3ccccc23)c2ccccc2n1. The molecule has 1 aliphatic rings. The number of hydrogen-bond acceptors (Lipinski definition) is 3. The van der Waals surface area contributed by atoms with E-state index in [0.29, 0.717) is 5.95 Å². The van der Waals surface area contributed by atoms with Crippen LogP contribution in [0.2, 0.25) is 0 Å². The lowest BCUT2D eigenvalue weighted by Gasteiger charge is -2.16. The molecular weight excluding hydrogens is 593 g/mol. The first-order chi connectivity index (χ1) is 23.2. The average molecular weight is 620 g/mol. The van der Waals surface area contributed by atoms with E-state index >= 15 is 4.57 Å². The van der Waals surface area contributed by atoms with Gasteiger partial charge in [-0.2, -0.15) is 0 Å². The van der Waals surface area contributed by atoms with Crippen LogP contribution in [0.4, 0.5) is 0 Å². The van der Waals surface area contributed by atoms with Gasteiger partial charge in [-0.1, -0.05) is 133 Å². The summed E-state index contributed by atoms with van der Waals surface area (Å²) in [5.74, 6) is 0.607.